The third-order valence-corrected chi connectivity index (χ3v) is 9.23. The highest BCUT2D eigenvalue weighted by molar-refractivity contribution is 7.92. The van der Waals surface area contributed by atoms with E-state index in [4.69, 9.17) is 0 Å². The molecule has 13 heteroatoms. The number of amides is 1. The smallest absolute Gasteiger partial charge is 0.369 e. The lowest BCUT2D eigenvalue weighted by atomic mass is 9.87. The molecular weight excluding hydrogens is 550 g/mol. The molecule has 2 aliphatic rings. The fourth-order valence-corrected chi connectivity index (χ4v) is 6.97. The summed E-state index contributed by atoms with van der Waals surface area (Å²) in [5.74, 6) is -0.389. The summed E-state index contributed by atoms with van der Waals surface area (Å²) in [7, 11) is -4.37. The minimum absolute atomic E-state index is 0.0273. The van der Waals surface area contributed by atoms with Gasteiger partial charge in [0.1, 0.15) is 0 Å². The Labute approximate surface area is 222 Å². The van der Waals surface area contributed by atoms with Crippen LogP contribution in [-0.2, 0) is 26.8 Å². The van der Waals surface area contributed by atoms with E-state index in [1.54, 1.807) is 19.1 Å². The lowest BCUT2D eigenvalue weighted by molar-refractivity contribution is -0.376. The van der Waals surface area contributed by atoms with Gasteiger partial charge in [0.15, 0.2) is 0 Å². The summed E-state index contributed by atoms with van der Waals surface area (Å²) < 4.78 is 109. The van der Waals surface area contributed by atoms with Crippen LogP contribution in [0.25, 0.3) is 0 Å². The minimum atomic E-state index is -6.08. The van der Waals surface area contributed by atoms with Crippen molar-refractivity contribution >= 4 is 21.6 Å². The van der Waals surface area contributed by atoms with Crippen LogP contribution in [0.15, 0.2) is 47.4 Å². The lowest BCUT2D eigenvalue weighted by Crippen LogP contribution is -2.54. The van der Waals surface area contributed by atoms with Crippen LogP contribution in [0.1, 0.15) is 55.2 Å². The lowest BCUT2D eigenvalue weighted by Gasteiger charge is -2.39. The summed E-state index contributed by atoms with van der Waals surface area (Å²) in [5, 5.41) is 12.7. The highest BCUT2D eigenvalue weighted by Crippen LogP contribution is 2.51. The first-order chi connectivity index (χ1) is 18.1. The first-order valence-electron chi connectivity index (χ1n) is 12.5. The van der Waals surface area contributed by atoms with Gasteiger partial charge < -0.3 is 10.4 Å². The van der Waals surface area contributed by atoms with Crippen molar-refractivity contribution in [3.8, 4) is 0 Å². The number of benzene rings is 2. The molecule has 0 bridgehead atoms. The van der Waals surface area contributed by atoms with E-state index in [-0.39, 0.29) is 47.4 Å². The number of rotatable bonds is 6. The topological polar surface area (TPSA) is 86.7 Å². The van der Waals surface area contributed by atoms with Crippen molar-refractivity contribution in [1.29, 1.82) is 0 Å². The van der Waals surface area contributed by atoms with Crippen LogP contribution in [0.3, 0.4) is 0 Å². The maximum absolute atomic E-state index is 13.8. The molecule has 2 aromatic rings. The first-order valence-corrected chi connectivity index (χ1v) is 13.9. The van der Waals surface area contributed by atoms with Crippen LogP contribution in [0.2, 0.25) is 0 Å². The minimum Gasteiger partial charge on any atom is -0.369 e. The van der Waals surface area contributed by atoms with Gasteiger partial charge in [-0.15, -0.1) is 0 Å². The van der Waals surface area contributed by atoms with Crippen molar-refractivity contribution in [2.24, 2.45) is 0 Å². The predicted molar refractivity (Wildman–Crippen MR) is 130 cm³/mol. The molecule has 0 spiro atoms. The standard InChI is InChI=1S/C26H28F6N2O4S/c1-16-6-11-21(12-7-16)39(37,38)34-20(15-23(35)33-19-4-2-3-5-19)10-8-17-14-18(9-13-22(17)34)24(36,25(27,28)29)26(30,31)32/h6-7,9,11-14,19-20,36H,2-5,8,10,15H2,1H3,(H,33,35). The van der Waals surface area contributed by atoms with E-state index < -0.39 is 39.6 Å². The van der Waals surface area contributed by atoms with Gasteiger partial charge in [0.2, 0.25) is 5.91 Å². The van der Waals surface area contributed by atoms with E-state index >= 15 is 0 Å². The highest BCUT2D eigenvalue weighted by atomic mass is 32.2. The van der Waals surface area contributed by atoms with E-state index in [1.807, 2.05) is 0 Å². The van der Waals surface area contributed by atoms with Crippen molar-refractivity contribution in [2.45, 2.75) is 86.8 Å². The number of carbonyl (C=O) groups is 1. The number of aliphatic hydroxyl groups is 1. The van der Waals surface area contributed by atoms with Gasteiger partial charge in [-0.1, -0.05) is 42.7 Å². The van der Waals surface area contributed by atoms with Crippen LogP contribution in [0.5, 0.6) is 0 Å². The van der Waals surface area contributed by atoms with Gasteiger partial charge in [0.05, 0.1) is 16.6 Å². The van der Waals surface area contributed by atoms with E-state index in [0.717, 1.165) is 41.6 Å². The number of nitrogens with one attached hydrogen (secondary N) is 1. The fraction of sp³-hybridized carbons (Fsp3) is 0.500. The summed E-state index contributed by atoms with van der Waals surface area (Å²) in [6.07, 6.45) is -9.01. The summed E-state index contributed by atoms with van der Waals surface area (Å²) in [5.41, 5.74) is -6.11. The zero-order valence-electron chi connectivity index (χ0n) is 20.9. The number of nitrogens with zero attached hydrogens (tertiary/aromatic N) is 1. The number of hydrogen-bond acceptors (Lipinski definition) is 4. The zero-order chi connectivity index (χ0) is 28.8. The van der Waals surface area contributed by atoms with Crippen molar-refractivity contribution in [2.75, 3.05) is 4.31 Å². The highest BCUT2D eigenvalue weighted by Gasteiger charge is 2.71. The Kier molecular flexibility index (Phi) is 7.71. The second kappa shape index (κ2) is 10.3. The second-order valence-electron chi connectivity index (χ2n) is 10.1. The molecule has 4 rings (SSSR count). The van der Waals surface area contributed by atoms with Crippen LogP contribution in [0.4, 0.5) is 32.0 Å². The molecule has 1 amide bonds. The van der Waals surface area contributed by atoms with Gasteiger partial charge in [0.25, 0.3) is 15.6 Å². The van der Waals surface area contributed by atoms with Crippen molar-refractivity contribution < 1.29 is 44.7 Å². The Balaban J connectivity index is 1.78. The average Bonchev–Trinajstić information content (AvgIpc) is 3.34. The second-order valence-corrected chi connectivity index (χ2v) is 11.9. The molecule has 1 saturated carbocycles. The number of halogens is 6. The fourth-order valence-electron chi connectivity index (χ4n) is 5.26. The first kappa shape index (κ1) is 29.2. The number of aryl methyl sites for hydroxylation is 2. The van der Waals surface area contributed by atoms with Crippen LogP contribution in [-0.4, -0.2) is 43.9 Å². The molecule has 1 atom stereocenters. The number of hydrogen-bond donors (Lipinski definition) is 2. The Morgan fingerprint density at radius 3 is 2.13 bits per heavy atom. The molecule has 2 aromatic carbocycles. The number of sulfonamides is 1. The largest absolute Gasteiger partial charge is 0.430 e. The average molecular weight is 579 g/mol. The van der Waals surface area contributed by atoms with Gasteiger partial charge in [-0.25, -0.2) is 8.42 Å². The van der Waals surface area contributed by atoms with E-state index in [2.05, 4.69) is 5.32 Å². The molecule has 1 heterocycles. The number of fused-ring (bicyclic) bond motifs is 1. The van der Waals surface area contributed by atoms with Crippen LogP contribution >= 0.6 is 0 Å². The number of anilines is 1. The molecule has 0 aromatic heterocycles. The summed E-state index contributed by atoms with van der Waals surface area (Å²) >= 11 is 0. The van der Waals surface area contributed by atoms with Gasteiger partial charge in [0, 0.05) is 18.0 Å². The summed E-state index contributed by atoms with van der Waals surface area (Å²) in [4.78, 5) is 12.7. The van der Waals surface area contributed by atoms with E-state index in [1.165, 1.54) is 12.1 Å². The van der Waals surface area contributed by atoms with Crippen molar-refractivity contribution in [3.63, 3.8) is 0 Å². The molecule has 6 nitrogen and oxygen atoms in total. The van der Waals surface area contributed by atoms with Crippen molar-refractivity contribution in [3.05, 3.63) is 59.2 Å². The van der Waals surface area contributed by atoms with Crippen LogP contribution < -0.4 is 9.62 Å². The monoisotopic (exact) mass is 578 g/mol. The number of alkyl halides is 6. The van der Waals surface area contributed by atoms with Gasteiger partial charge in [-0.05, 0) is 56.4 Å². The van der Waals surface area contributed by atoms with Crippen molar-refractivity contribution in [1.82, 2.24) is 5.32 Å². The molecule has 1 fully saturated rings. The maximum atomic E-state index is 13.8. The number of carbonyl (C=O) groups excluding carboxylic acids is 1. The Hall–Kier alpha value is -2.80. The molecular formula is C26H28F6N2O4S. The van der Waals surface area contributed by atoms with E-state index in [0.29, 0.717) is 12.1 Å². The molecule has 1 unspecified atom stereocenters. The Bertz CT molecular complexity index is 1310. The molecule has 39 heavy (non-hydrogen) atoms. The zero-order valence-corrected chi connectivity index (χ0v) is 21.8. The third-order valence-electron chi connectivity index (χ3n) is 7.35. The predicted octanol–water partition coefficient (Wildman–Crippen LogP) is 5.27. The SMILES string of the molecule is Cc1ccc(S(=O)(=O)N2c3ccc(C(O)(C(F)(F)F)C(F)(F)F)cc3CCC2CC(=O)NC2CCCC2)cc1. The maximum Gasteiger partial charge on any atom is 0.430 e. The van der Waals surface area contributed by atoms with Gasteiger partial charge >= 0.3 is 12.4 Å². The molecule has 0 saturated heterocycles. The van der Waals surface area contributed by atoms with E-state index in [9.17, 15) is 44.7 Å². The Morgan fingerprint density at radius 2 is 1.56 bits per heavy atom. The third kappa shape index (κ3) is 5.47. The molecule has 1 aliphatic carbocycles. The normalized spacial score (nSPS) is 19.2. The quantitative estimate of drug-likeness (QED) is 0.458. The molecule has 214 valence electrons. The van der Waals surface area contributed by atoms with Crippen LogP contribution in [0, 0.1) is 6.92 Å². The molecule has 2 N–H and O–H groups in total. The summed E-state index contributed by atoms with van der Waals surface area (Å²) in [6.45, 7) is 1.74. The van der Waals surface area contributed by atoms with Gasteiger partial charge in [-0.2, -0.15) is 26.3 Å². The molecule has 0 radical (unpaired) electrons. The summed E-state index contributed by atoms with van der Waals surface area (Å²) in [6, 6.07) is 6.64. The van der Waals surface area contributed by atoms with Gasteiger partial charge in [-0.3, -0.25) is 9.10 Å². The Morgan fingerprint density at radius 1 is 0.974 bits per heavy atom. The molecule has 1 aliphatic heterocycles.